The summed E-state index contributed by atoms with van der Waals surface area (Å²) < 4.78 is 10.6. The van der Waals surface area contributed by atoms with Gasteiger partial charge in [-0.2, -0.15) is 0 Å². The Labute approximate surface area is 182 Å². The van der Waals surface area contributed by atoms with Crippen LogP contribution in [0.25, 0.3) is 0 Å². The molecule has 1 aliphatic heterocycles. The van der Waals surface area contributed by atoms with Crippen LogP contribution in [0.3, 0.4) is 0 Å². The van der Waals surface area contributed by atoms with Gasteiger partial charge in [0.25, 0.3) is 5.91 Å². The van der Waals surface area contributed by atoms with Crippen molar-refractivity contribution in [3.63, 3.8) is 0 Å². The zero-order valence-electron chi connectivity index (χ0n) is 17.7. The summed E-state index contributed by atoms with van der Waals surface area (Å²) in [5.74, 6) is 1.98. The second-order valence-electron chi connectivity index (χ2n) is 7.12. The maximum absolute atomic E-state index is 12.9. The number of ether oxygens (including phenoxy) is 2. The van der Waals surface area contributed by atoms with Crippen LogP contribution in [0.1, 0.15) is 22.8 Å². The van der Waals surface area contributed by atoms with Gasteiger partial charge >= 0.3 is 0 Å². The summed E-state index contributed by atoms with van der Waals surface area (Å²) in [6.07, 6.45) is 0. The minimum atomic E-state index is -0.117. The molecule has 1 unspecified atom stereocenters. The van der Waals surface area contributed by atoms with Gasteiger partial charge in [0.2, 0.25) is 5.91 Å². The number of carbonyl (C=O) groups is 2. The number of hydrogen-bond donors (Lipinski definition) is 0. The van der Waals surface area contributed by atoms with Crippen molar-refractivity contribution >= 4 is 23.6 Å². The van der Waals surface area contributed by atoms with Gasteiger partial charge in [-0.25, -0.2) is 0 Å². The van der Waals surface area contributed by atoms with Crippen LogP contribution in [0, 0.1) is 0 Å². The fourth-order valence-electron chi connectivity index (χ4n) is 3.40. The summed E-state index contributed by atoms with van der Waals surface area (Å²) in [6.45, 7) is 4.06. The molecule has 7 heteroatoms. The summed E-state index contributed by atoms with van der Waals surface area (Å²) in [4.78, 5) is 29.4. The zero-order chi connectivity index (χ0) is 21.5. The molecular weight excluding hydrogens is 400 g/mol. The second-order valence-corrected chi connectivity index (χ2v) is 8.45. The molecule has 0 spiro atoms. The van der Waals surface area contributed by atoms with Gasteiger partial charge in [0.05, 0.1) is 25.0 Å². The van der Waals surface area contributed by atoms with Gasteiger partial charge in [-0.05, 0) is 24.6 Å². The van der Waals surface area contributed by atoms with E-state index in [2.05, 4.69) is 12.1 Å². The molecule has 1 saturated heterocycles. The van der Waals surface area contributed by atoms with Crippen molar-refractivity contribution < 1.29 is 19.1 Å². The summed E-state index contributed by atoms with van der Waals surface area (Å²) in [5.41, 5.74) is 1.72. The topological polar surface area (TPSA) is 59.1 Å². The summed E-state index contributed by atoms with van der Waals surface area (Å²) in [5, 5.41) is -0.117. The van der Waals surface area contributed by atoms with Crippen LogP contribution >= 0.6 is 11.8 Å². The Bertz CT molecular complexity index is 867. The van der Waals surface area contributed by atoms with Crippen LogP contribution in [0.2, 0.25) is 0 Å². The van der Waals surface area contributed by atoms with E-state index in [1.54, 1.807) is 42.0 Å². The van der Waals surface area contributed by atoms with Gasteiger partial charge in [0.15, 0.2) is 0 Å². The first-order chi connectivity index (χ1) is 14.5. The number of thioether (sulfide) groups is 1. The Hall–Kier alpha value is -2.67. The fourth-order valence-corrected chi connectivity index (χ4v) is 4.33. The molecule has 2 amide bonds. The Balaban J connectivity index is 1.53. The Morgan fingerprint density at radius 1 is 0.967 bits per heavy atom. The molecule has 160 valence electrons. The lowest BCUT2D eigenvalue weighted by Gasteiger charge is -2.36. The molecule has 1 fully saturated rings. The highest BCUT2D eigenvalue weighted by Gasteiger charge is 2.28. The van der Waals surface area contributed by atoms with Crippen LogP contribution in [-0.2, 0) is 10.5 Å². The monoisotopic (exact) mass is 428 g/mol. The number of nitrogens with zero attached hydrogens (tertiary/aromatic N) is 2. The molecule has 2 aromatic carbocycles. The van der Waals surface area contributed by atoms with Gasteiger partial charge in [0, 0.05) is 38.0 Å². The van der Waals surface area contributed by atoms with Crippen molar-refractivity contribution in [2.24, 2.45) is 0 Å². The van der Waals surface area contributed by atoms with Gasteiger partial charge in [-0.3, -0.25) is 9.59 Å². The number of benzene rings is 2. The number of carbonyl (C=O) groups excluding carboxylic acids is 2. The number of amides is 2. The molecule has 0 aliphatic carbocycles. The quantitative estimate of drug-likeness (QED) is 0.677. The predicted octanol–water partition coefficient (Wildman–Crippen LogP) is 3.31. The number of piperazine rings is 1. The summed E-state index contributed by atoms with van der Waals surface area (Å²) in [6, 6.07) is 15.3. The normalized spacial score (nSPS) is 14.9. The van der Waals surface area contributed by atoms with Crippen molar-refractivity contribution in [1.29, 1.82) is 0 Å². The van der Waals surface area contributed by atoms with E-state index in [1.807, 2.05) is 30.0 Å². The summed E-state index contributed by atoms with van der Waals surface area (Å²) in [7, 11) is 3.11. The van der Waals surface area contributed by atoms with Crippen LogP contribution in [0.5, 0.6) is 11.5 Å². The third kappa shape index (κ3) is 5.27. The van der Waals surface area contributed by atoms with Gasteiger partial charge < -0.3 is 19.3 Å². The van der Waals surface area contributed by atoms with E-state index in [0.717, 1.165) is 5.75 Å². The molecule has 0 bridgehead atoms. The fraction of sp³-hybridized carbons (Fsp3) is 0.391. The predicted molar refractivity (Wildman–Crippen MR) is 119 cm³/mol. The second kappa shape index (κ2) is 10.4. The average molecular weight is 429 g/mol. The Morgan fingerprint density at radius 3 is 2.27 bits per heavy atom. The maximum Gasteiger partial charge on any atom is 0.257 e. The van der Waals surface area contributed by atoms with Crippen molar-refractivity contribution in [2.75, 3.05) is 40.4 Å². The molecule has 0 N–H and O–H groups in total. The first kappa shape index (κ1) is 22.0. The lowest BCUT2D eigenvalue weighted by atomic mass is 10.1. The first-order valence-electron chi connectivity index (χ1n) is 9.99. The van der Waals surface area contributed by atoms with Gasteiger partial charge in [0.1, 0.15) is 11.5 Å². The Morgan fingerprint density at radius 2 is 1.63 bits per heavy atom. The van der Waals surface area contributed by atoms with E-state index >= 15 is 0 Å². The van der Waals surface area contributed by atoms with E-state index in [-0.39, 0.29) is 17.1 Å². The third-order valence-electron chi connectivity index (χ3n) is 5.21. The Kier molecular flexibility index (Phi) is 7.63. The minimum Gasteiger partial charge on any atom is -0.497 e. The average Bonchev–Trinajstić information content (AvgIpc) is 2.81. The third-order valence-corrected chi connectivity index (χ3v) is 6.41. The molecule has 0 aromatic heterocycles. The van der Waals surface area contributed by atoms with Crippen molar-refractivity contribution in [2.45, 2.75) is 17.9 Å². The van der Waals surface area contributed by atoms with Crippen LogP contribution < -0.4 is 9.47 Å². The minimum absolute atomic E-state index is 0.0897. The number of methoxy groups -OCH3 is 2. The lowest BCUT2D eigenvalue weighted by molar-refractivity contribution is -0.131. The highest BCUT2D eigenvalue weighted by molar-refractivity contribution is 7.99. The summed E-state index contributed by atoms with van der Waals surface area (Å²) >= 11 is 1.64. The van der Waals surface area contributed by atoms with Crippen molar-refractivity contribution in [3.05, 3.63) is 59.7 Å². The maximum atomic E-state index is 12.9. The SMILES string of the molecule is COc1ccc(C(=O)N2CCN(C(=O)C(C)SCc3ccccc3)CC2)c(OC)c1. The molecule has 1 atom stereocenters. The number of hydrogen-bond acceptors (Lipinski definition) is 5. The molecular formula is C23H28N2O4S. The van der Waals surface area contributed by atoms with Crippen LogP contribution in [-0.4, -0.2) is 67.3 Å². The molecule has 3 rings (SSSR count). The molecule has 1 heterocycles. The molecule has 0 radical (unpaired) electrons. The molecule has 30 heavy (non-hydrogen) atoms. The van der Waals surface area contributed by atoms with Crippen molar-refractivity contribution in [1.82, 2.24) is 9.80 Å². The first-order valence-corrected chi connectivity index (χ1v) is 11.0. The number of rotatable bonds is 7. The lowest BCUT2D eigenvalue weighted by Crippen LogP contribution is -2.52. The molecule has 1 aliphatic rings. The molecule has 0 saturated carbocycles. The van der Waals surface area contributed by atoms with E-state index < -0.39 is 0 Å². The molecule has 6 nitrogen and oxygen atoms in total. The molecule has 2 aromatic rings. The smallest absolute Gasteiger partial charge is 0.257 e. The van der Waals surface area contributed by atoms with E-state index in [4.69, 9.17) is 9.47 Å². The van der Waals surface area contributed by atoms with E-state index in [9.17, 15) is 9.59 Å². The highest BCUT2D eigenvalue weighted by Crippen LogP contribution is 2.26. The van der Waals surface area contributed by atoms with Gasteiger partial charge in [-0.1, -0.05) is 30.3 Å². The zero-order valence-corrected chi connectivity index (χ0v) is 18.5. The largest absolute Gasteiger partial charge is 0.497 e. The van der Waals surface area contributed by atoms with Crippen LogP contribution in [0.4, 0.5) is 0 Å². The van der Waals surface area contributed by atoms with E-state index in [1.165, 1.54) is 12.7 Å². The highest BCUT2D eigenvalue weighted by atomic mass is 32.2. The van der Waals surface area contributed by atoms with Gasteiger partial charge in [-0.15, -0.1) is 11.8 Å². The standard InChI is InChI=1S/C23H28N2O4S/c1-17(30-16-18-7-5-4-6-8-18)22(26)24-11-13-25(14-12-24)23(27)20-10-9-19(28-2)15-21(20)29-3/h4-10,15,17H,11-14,16H2,1-3H3. The van der Waals surface area contributed by atoms with Crippen LogP contribution in [0.15, 0.2) is 48.5 Å². The van der Waals surface area contributed by atoms with E-state index in [0.29, 0.717) is 43.2 Å². The van der Waals surface area contributed by atoms with Crippen molar-refractivity contribution in [3.8, 4) is 11.5 Å².